The van der Waals surface area contributed by atoms with E-state index in [1.807, 2.05) is 0 Å². The third-order valence-corrected chi connectivity index (χ3v) is 3.23. The van der Waals surface area contributed by atoms with Gasteiger partial charge >= 0.3 is 0 Å². The Bertz CT molecular complexity index is 634. The number of hydrogen-bond donors (Lipinski definition) is 1. The molecule has 0 fully saturated rings. The van der Waals surface area contributed by atoms with Gasteiger partial charge in [-0.3, -0.25) is 0 Å². The first-order valence-electron chi connectivity index (χ1n) is 4.36. The molecule has 0 aliphatic carbocycles. The van der Waals surface area contributed by atoms with Crippen LogP contribution in [-0.2, 0) is 9.84 Å². The van der Waals surface area contributed by atoms with Crippen LogP contribution in [0.1, 0.15) is 12.2 Å². The molecular weight excluding hydrogens is 238 g/mol. The van der Waals surface area contributed by atoms with Crippen LogP contribution in [0.25, 0.3) is 11.0 Å². The number of fused-ring (bicyclic) bond motifs is 1. The van der Waals surface area contributed by atoms with Crippen molar-refractivity contribution >= 4 is 20.9 Å². The molecule has 1 aromatic carbocycles. The van der Waals surface area contributed by atoms with Crippen LogP contribution in [0.15, 0.2) is 23.1 Å². The van der Waals surface area contributed by atoms with Crippen LogP contribution in [0, 0.1) is 0 Å². The minimum Gasteiger partial charge on any atom is -0.337 e. The number of nitrogens with zero attached hydrogens (tertiary/aromatic N) is 1. The van der Waals surface area contributed by atoms with E-state index in [2.05, 4.69) is 9.97 Å². The van der Waals surface area contributed by atoms with Crippen molar-refractivity contribution in [2.75, 3.05) is 6.26 Å². The quantitative estimate of drug-likeness (QED) is 0.880. The highest BCUT2D eigenvalue weighted by Crippen LogP contribution is 2.24. The Morgan fingerprint density at radius 1 is 1.38 bits per heavy atom. The van der Waals surface area contributed by atoms with Crippen LogP contribution in [0.5, 0.6) is 0 Å². The zero-order valence-electron chi connectivity index (χ0n) is 8.24. The first kappa shape index (κ1) is 11.0. The van der Waals surface area contributed by atoms with Gasteiger partial charge in [0.15, 0.2) is 15.7 Å². The van der Waals surface area contributed by atoms with E-state index in [1.165, 1.54) is 18.2 Å². The topological polar surface area (TPSA) is 62.8 Å². The second kappa shape index (κ2) is 3.51. The maximum Gasteiger partial charge on any atom is 0.295 e. The number of para-hydroxylation sites is 1. The number of aromatic amines is 1. The molecule has 0 radical (unpaired) electrons. The number of aromatic nitrogens is 2. The average Bonchev–Trinajstić information content (AvgIpc) is 2.58. The van der Waals surface area contributed by atoms with Crippen molar-refractivity contribution in [3.8, 4) is 0 Å². The van der Waals surface area contributed by atoms with Crippen LogP contribution in [0.3, 0.4) is 0 Å². The summed E-state index contributed by atoms with van der Waals surface area (Å²) < 4.78 is 47.5. The molecule has 0 spiro atoms. The third kappa shape index (κ3) is 1.78. The van der Waals surface area contributed by atoms with Crippen LogP contribution < -0.4 is 0 Å². The van der Waals surface area contributed by atoms with E-state index in [-0.39, 0.29) is 10.4 Å². The predicted molar refractivity (Wildman–Crippen MR) is 54.2 cm³/mol. The Morgan fingerprint density at radius 3 is 2.62 bits per heavy atom. The third-order valence-electron chi connectivity index (χ3n) is 2.10. The summed E-state index contributed by atoms with van der Waals surface area (Å²) in [5.74, 6) is -0.522. The number of alkyl halides is 2. The number of hydrogen-bond acceptors (Lipinski definition) is 3. The Morgan fingerprint density at radius 2 is 2.06 bits per heavy atom. The molecule has 1 N–H and O–H groups in total. The predicted octanol–water partition coefficient (Wildman–Crippen LogP) is 1.90. The zero-order valence-corrected chi connectivity index (χ0v) is 9.05. The van der Waals surface area contributed by atoms with Crippen molar-refractivity contribution in [2.24, 2.45) is 0 Å². The van der Waals surface area contributed by atoms with Gasteiger partial charge in [-0.1, -0.05) is 6.07 Å². The summed E-state index contributed by atoms with van der Waals surface area (Å²) in [6, 6.07) is 4.32. The van der Waals surface area contributed by atoms with Gasteiger partial charge in [0.05, 0.1) is 10.4 Å². The second-order valence-electron chi connectivity index (χ2n) is 3.35. The molecule has 4 nitrogen and oxygen atoms in total. The Hall–Kier alpha value is -1.50. The molecule has 0 bridgehead atoms. The molecule has 0 aliphatic rings. The lowest BCUT2D eigenvalue weighted by Gasteiger charge is -1.97. The first-order valence-corrected chi connectivity index (χ1v) is 6.25. The molecule has 2 aromatic rings. The molecule has 86 valence electrons. The molecule has 7 heteroatoms. The highest BCUT2D eigenvalue weighted by atomic mass is 32.2. The lowest BCUT2D eigenvalue weighted by Crippen LogP contribution is -1.97. The Balaban J connectivity index is 2.78. The van der Waals surface area contributed by atoms with E-state index in [0.29, 0.717) is 5.52 Å². The van der Waals surface area contributed by atoms with Gasteiger partial charge in [0.1, 0.15) is 5.52 Å². The van der Waals surface area contributed by atoms with E-state index in [9.17, 15) is 17.2 Å². The van der Waals surface area contributed by atoms with Gasteiger partial charge in [0.25, 0.3) is 6.43 Å². The van der Waals surface area contributed by atoms with Crippen LogP contribution in [-0.4, -0.2) is 24.6 Å². The standard InChI is InChI=1S/C9H8F2N2O2S/c1-16(14,15)6-4-2-3-5-7(6)13-9(12-5)8(10)11/h2-4,8H,1H3,(H,12,13). The molecular formula is C9H8F2N2O2S. The van der Waals surface area contributed by atoms with E-state index < -0.39 is 22.1 Å². The van der Waals surface area contributed by atoms with Crippen LogP contribution >= 0.6 is 0 Å². The molecule has 1 aromatic heterocycles. The van der Waals surface area contributed by atoms with Crippen molar-refractivity contribution in [1.29, 1.82) is 0 Å². The van der Waals surface area contributed by atoms with Gasteiger partial charge in [0, 0.05) is 6.26 Å². The van der Waals surface area contributed by atoms with Gasteiger partial charge in [-0.15, -0.1) is 0 Å². The van der Waals surface area contributed by atoms with Gasteiger partial charge in [-0.2, -0.15) is 0 Å². The summed E-state index contributed by atoms with van der Waals surface area (Å²) in [6.45, 7) is 0. The van der Waals surface area contributed by atoms with Gasteiger partial charge < -0.3 is 4.98 Å². The normalized spacial score (nSPS) is 12.5. The van der Waals surface area contributed by atoms with E-state index in [1.54, 1.807) is 0 Å². The molecule has 0 aliphatic heterocycles. The minimum absolute atomic E-state index is 0.0480. The number of nitrogens with one attached hydrogen (secondary N) is 1. The summed E-state index contributed by atoms with van der Waals surface area (Å²) in [4.78, 5) is 5.93. The molecule has 0 amide bonds. The average molecular weight is 246 g/mol. The fourth-order valence-electron chi connectivity index (χ4n) is 1.43. The van der Waals surface area contributed by atoms with Crippen molar-refractivity contribution in [1.82, 2.24) is 9.97 Å². The van der Waals surface area contributed by atoms with Gasteiger partial charge in [0.2, 0.25) is 0 Å². The monoisotopic (exact) mass is 246 g/mol. The summed E-state index contributed by atoms with van der Waals surface area (Å²) in [5.41, 5.74) is 0.346. The number of H-pyrrole nitrogens is 1. The molecule has 0 saturated carbocycles. The summed E-state index contributed by atoms with van der Waals surface area (Å²) in [5, 5.41) is 0. The van der Waals surface area contributed by atoms with Gasteiger partial charge in [-0.05, 0) is 12.1 Å². The maximum absolute atomic E-state index is 12.4. The molecule has 16 heavy (non-hydrogen) atoms. The minimum atomic E-state index is -3.47. The number of sulfone groups is 1. The fraction of sp³-hybridized carbons (Fsp3) is 0.222. The van der Waals surface area contributed by atoms with Crippen molar-refractivity contribution in [3.63, 3.8) is 0 Å². The lowest BCUT2D eigenvalue weighted by molar-refractivity contribution is 0.142. The highest BCUT2D eigenvalue weighted by Gasteiger charge is 2.18. The summed E-state index contributed by atoms with van der Waals surface area (Å²) in [6.07, 6.45) is -1.74. The smallest absolute Gasteiger partial charge is 0.295 e. The summed E-state index contributed by atoms with van der Waals surface area (Å²) in [7, 11) is -3.47. The van der Waals surface area contributed by atoms with Crippen molar-refractivity contribution in [2.45, 2.75) is 11.3 Å². The number of imidazole rings is 1. The molecule has 1 heterocycles. The first-order chi connectivity index (χ1) is 7.39. The maximum atomic E-state index is 12.4. The summed E-state index contributed by atoms with van der Waals surface area (Å²) >= 11 is 0. The Kier molecular flexibility index (Phi) is 2.42. The molecule has 0 atom stereocenters. The number of halogens is 2. The Labute approximate surface area is 90.2 Å². The van der Waals surface area contributed by atoms with Crippen LogP contribution in [0.4, 0.5) is 8.78 Å². The van der Waals surface area contributed by atoms with Crippen molar-refractivity contribution in [3.05, 3.63) is 24.0 Å². The van der Waals surface area contributed by atoms with Crippen molar-refractivity contribution < 1.29 is 17.2 Å². The largest absolute Gasteiger partial charge is 0.337 e. The molecule has 0 unspecified atom stereocenters. The molecule has 0 saturated heterocycles. The van der Waals surface area contributed by atoms with E-state index >= 15 is 0 Å². The zero-order chi connectivity index (χ0) is 11.9. The van der Waals surface area contributed by atoms with E-state index in [0.717, 1.165) is 6.26 Å². The van der Waals surface area contributed by atoms with Gasteiger partial charge in [-0.25, -0.2) is 22.2 Å². The van der Waals surface area contributed by atoms with Crippen LogP contribution in [0.2, 0.25) is 0 Å². The fourth-order valence-corrected chi connectivity index (χ4v) is 2.26. The lowest BCUT2D eigenvalue weighted by atomic mass is 10.3. The molecule has 2 rings (SSSR count). The second-order valence-corrected chi connectivity index (χ2v) is 5.33. The number of benzene rings is 1. The van der Waals surface area contributed by atoms with E-state index in [4.69, 9.17) is 0 Å². The number of rotatable bonds is 2. The highest BCUT2D eigenvalue weighted by molar-refractivity contribution is 7.91. The SMILES string of the molecule is CS(=O)(=O)c1cccc2[nH]c(C(F)F)nc12.